The Kier molecular flexibility index (Phi) is 3.54. The van der Waals surface area contributed by atoms with Crippen molar-refractivity contribution in [1.29, 1.82) is 0 Å². The summed E-state index contributed by atoms with van der Waals surface area (Å²) in [5, 5.41) is 18.2. The smallest absolute Gasteiger partial charge is 0.200 e. The van der Waals surface area contributed by atoms with Gasteiger partial charge in [0.05, 0.1) is 6.61 Å². The average Bonchev–Trinajstić information content (AvgIpc) is 2.83. The van der Waals surface area contributed by atoms with E-state index in [2.05, 4.69) is 26.1 Å². The lowest BCUT2D eigenvalue weighted by Crippen LogP contribution is -1.88. The molecule has 3 rings (SSSR count). The summed E-state index contributed by atoms with van der Waals surface area (Å²) >= 11 is 4.98. The molecule has 19 heavy (non-hydrogen) atoms. The van der Waals surface area contributed by atoms with Crippen LogP contribution in [0.4, 0.5) is 0 Å². The Bertz CT molecular complexity index is 729. The standard InChI is InChI=1S/C13H10BrN3OS/c14-11-7-10(5-4-9(11)8-18)19-13-16-15-12-3-1-2-6-17(12)13/h1-7,18H,8H2. The highest BCUT2D eigenvalue weighted by Crippen LogP contribution is 2.30. The molecule has 3 aromatic rings. The summed E-state index contributed by atoms with van der Waals surface area (Å²) in [6, 6.07) is 11.6. The third-order valence-corrected chi connectivity index (χ3v) is 4.38. The minimum absolute atomic E-state index is 0.0272. The molecule has 1 aromatic carbocycles. The van der Waals surface area contributed by atoms with Crippen LogP contribution in [0.1, 0.15) is 5.56 Å². The van der Waals surface area contributed by atoms with Crippen molar-refractivity contribution in [2.24, 2.45) is 0 Å². The van der Waals surface area contributed by atoms with Crippen molar-refractivity contribution in [3.05, 3.63) is 52.6 Å². The predicted molar refractivity (Wildman–Crippen MR) is 77.2 cm³/mol. The Labute approximate surface area is 122 Å². The largest absolute Gasteiger partial charge is 0.392 e. The fourth-order valence-corrected chi connectivity index (χ4v) is 3.23. The summed E-state index contributed by atoms with van der Waals surface area (Å²) in [6.45, 7) is 0.0272. The maximum atomic E-state index is 9.14. The van der Waals surface area contributed by atoms with Crippen molar-refractivity contribution < 1.29 is 5.11 Å². The second-order valence-electron chi connectivity index (χ2n) is 3.92. The lowest BCUT2D eigenvalue weighted by atomic mass is 10.2. The molecule has 2 aromatic heterocycles. The molecule has 0 saturated heterocycles. The summed E-state index contributed by atoms with van der Waals surface area (Å²) in [7, 11) is 0. The quantitative estimate of drug-likeness (QED) is 0.798. The van der Waals surface area contributed by atoms with E-state index >= 15 is 0 Å². The van der Waals surface area contributed by atoms with Crippen molar-refractivity contribution >= 4 is 33.3 Å². The first-order valence-corrected chi connectivity index (χ1v) is 7.26. The van der Waals surface area contributed by atoms with E-state index in [1.807, 2.05) is 47.0 Å². The maximum absolute atomic E-state index is 9.14. The highest BCUT2D eigenvalue weighted by atomic mass is 79.9. The fourth-order valence-electron chi connectivity index (χ4n) is 1.71. The topological polar surface area (TPSA) is 50.4 Å². The van der Waals surface area contributed by atoms with Gasteiger partial charge in [-0.15, -0.1) is 10.2 Å². The summed E-state index contributed by atoms with van der Waals surface area (Å²) in [5.74, 6) is 0. The Hall–Kier alpha value is -1.37. The zero-order valence-electron chi connectivity index (χ0n) is 9.82. The van der Waals surface area contributed by atoms with Crippen molar-refractivity contribution in [2.75, 3.05) is 0 Å². The first-order valence-electron chi connectivity index (χ1n) is 5.65. The summed E-state index contributed by atoms with van der Waals surface area (Å²) in [4.78, 5) is 1.04. The number of nitrogens with zero attached hydrogens (tertiary/aromatic N) is 3. The van der Waals surface area contributed by atoms with Crippen LogP contribution in [-0.4, -0.2) is 19.7 Å². The van der Waals surface area contributed by atoms with E-state index < -0.39 is 0 Å². The first-order chi connectivity index (χ1) is 9.28. The van der Waals surface area contributed by atoms with Gasteiger partial charge in [0.25, 0.3) is 0 Å². The lowest BCUT2D eigenvalue weighted by Gasteiger charge is -2.04. The van der Waals surface area contributed by atoms with E-state index in [-0.39, 0.29) is 6.61 Å². The summed E-state index contributed by atoms with van der Waals surface area (Å²) in [6.07, 6.45) is 1.94. The van der Waals surface area contributed by atoms with Gasteiger partial charge in [0.15, 0.2) is 10.8 Å². The first kappa shape index (κ1) is 12.7. The molecule has 0 radical (unpaired) electrons. The van der Waals surface area contributed by atoms with E-state index in [0.29, 0.717) is 0 Å². The van der Waals surface area contributed by atoms with Crippen molar-refractivity contribution in [1.82, 2.24) is 14.6 Å². The Morgan fingerprint density at radius 1 is 1.21 bits per heavy atom. The molecule has 0 aliphatic rings. The molecule has 96 valence electrons. The third-order valence-electron chi connectivity index (χ3n) is 2.69. The third kappa shape index (κ3) is 2.51. The van der Waals surface area contributed by atoms with E-state index in [1.54, 1.807) is 0 Å². The molecule has 0 unspecified atom stereocenters. The van der Waals surface area contributed by atoms with Crippen LogP contribution in [0.15, 0.2) is 57.1 Å². The molecule has 0 aliphatic heterocycles. The number of aliphatic hydroxyl groups excluding tert-OH is 1. The summed E-state index contributed by atoms with van der Waals surface area (Å²) < 4.78 is 2.84. The van der Waals surface area contributed by atoms with Gasteiger partial charge in [-0.3, -0.25) is 4.40 Å². The second kappa shape index (κ2) is 5.32. The summed E-state index contributed by atoms with van der Waals surface area (Å²) in [5.41, 5.74) is 1.70. The number of aliphatic hydroxyl groups is 1. The van der Waals surface area contributed by atoms with Crippen molar-refractivity contribution in [3.8, 4) is 0 Å². The van der Waals surface area contributed by atoms with Gasteiger partial charge in [-0.05, 0) is 41.6 Å². The van der Waals surface area contributed by atoms with Crippen LogP contribution in [0.25, 0.3) is 5.65 Å². The molecule has 0 atom stereocenters. The molecule has 6 heteroatoms. The molecule has 0 spiro atoms. The van der Waals surface area contributed by atoms with E-state index in [9.17, 15) is 0 Å². The number of pyridine rings is 1. The van der Waals surface area contributed by atoms with Crippen LogP contribution in [0.5, 0.6) is 0 Å². The second-order valence-corrected chi connectivity index (χ2v) is 5.82. The SMILES string of the molecule is OCc1ccc(Sc2nnc3ccccn23)cc1Br. The zero-order chi connectivity index (χ0) is 13.2. The molecule has 0 bridgehead atoms. The van der Waals surface area contributed by atoms with E-state index in [4.69, 9.17) is 5.11 Å². The monoisotopic (exact) mass is 335 g/mol. The van der Waals surface area contributed by atoms with Crippen LogP contribution in [0.2, 0.25) is 0 Å². The maximum Gasteiger partial charge on any atom is 0.200 e. The van der Waals surface area contributed by atoms with Crippen LogP contribution < -0.4 is 0 Å². The van der Waals surface area contributed by atoms with Crippen molar-refractivity contribution in [3.63, 3.8) is 0 Å². The van der Waals surface area contributed by atoms with Gasteiger partial charge in [-0.2, -0.15) is 0 Å². The highest BCUT2D eigenvalue weighted by molar-refractivity contribution is 9.10. The Balaban J connectivity index is 1.95. The van der Waals surface area contributed by atoms with Crippen LogP contribution >= 0.6 is 27.7 Å². The molecule has 0 fully saturated rings. The van der Waals surface area contributed by atoms with Gasteiger partial charge in [0, 0.05) is 15.6 Å². The van der Waals surface area contributed by atoms with Gasteiger partial charge < -0.3 is 5.11 Å². The number of hydrogen-bond acceptors (Lipinski definition) is 4. The molecule has 2 heterocycles. The molecular formula is C13H10BrN3OS. The Morgan fingerprint density at radius 2 is 2.11 bits per heavy atom. The van der Waals surface area contributed by atoms with Crippen LogP contribution in [-0.2, 0) is 6.61 Å². The van der Waals surface area contributed by atoms with Crippen LogP contribution in [0.3, 0.4) is 0 Å². The number of halogens is 1. The molecule has 0 amide bonds. The van der Waals surface area contributed by atoms with Gasteiger partial charge in [-0.1, -0.05) is 28.1 Å². The lowest BCUT2D eigenvalue weighted by molar-refractivity contribution is 0.281. The number of benzene rings is 1. The number of fused-ring (bicyclic) bond motifs is 1. The normalized spacial score (nSPS) is 11.1. The minimum atomic E-state index is 0.0272. The highest BCUT2D eigenvalue weighted by Gasteiger charge is 2.08. The molecule has 4 nitrogen and oxygen atoms in total. The van der Waals surface area contributed by atoms with E-state index in [0.717, 1.165) is 25.7 Å². The average molecular weight is 336 g/mol. The van der Waals surface area contributed by atoms with Gasteiger partial charge >= 0.3 is 0 Å². The molecule has 1 N–H and O–H groups in total. The van der Waals surface area contributed by atoms with Gasteiger partial charge in [0.1, 0.15) is 0 Å². The molecular weight excluding hydrogens is 326 g/mol. The number of aromatic nitrogens is 3. The fraction of sp³-hybridized carbons (Fsp3) is 0.0769. The predicted octanol–water partition coefficient (Wildman–Crippen LogP) is 3.14. The van der Waals surface area contributed by atoms with Gasteiger partial charge in [-0.25, -0.2) is 0 Å². The minimum Gasteiger partial charge on any atom is -0.392 e. The number of hydrogen-bond donors (Lipinski definition) is 1. The van der Waals surface area contributed by atoms with Gasteiger partial charge in [0.2, 0.25) is 0 Å². The molecule has 0 saturated carbocycles. The van der Waals surface area contributed by atoms with Crippen LogP contribution in [0, 0.1) is 0 Å². The zero-order valence-corrected chi connectivity index (χ0v) is 12.2. The molecule has 0 aliphatic carbocycles. The Morgan fingerprint density at radius 3 is 2.89 bits per heavy atom. The van der Waals surface area contributed by atoms with Crippen molar-refractivity contribution in [2.45, 2.75) is 16.7 Å². The number of rotatable bonds is 3. The van der Waals surface area contributed by atoms with E-state index in [1.165, 1.54) is 11.8 Å².